The molecule has 0 aliphatic heterocycles. The smallest absolute Gasteiger partial charge is 0.311 e. The molecule has 0 saturated carbocycles. The third-order valence-corrected chi connectivity index (χ3v) is 5.14. The molecule has 0 aliphatic rings. The van der Waals surface area contributed by atoms with Crippen molar-refractivity contribution in [2.75, 3.05) is 7.11 Å². The molecule has 0 fully saturated rings. The summed E-state index contributed by atoms with van der Waals surface area (Å²) in [6.07, 6.45) is 8.99. The van der Waals surface area contributed by atoms with Gasteiger partial charge in [-0.2, -0.15) is 0 Å². The van der Waals surface area contributed by atoms with Gasteiger partial charge in [-0.05, 0) is 26.7 Å². The maximum Gasteiger partial charge on any atom is 0.311 e. The molecule has 0 aliphatic carbocycles. The predicted octanol–water partition coefficient (Wildman–Crippen LogP) is 4.16. The number of rotatable bonds is 17. The largest absolute Gasteiger partial charge is 0.481 e. The molecule has 0 aromatic heterocycles. The Morgan fingerprint density at radius 3 is 1.43 bits per heavy atom. The number of esters is 1. The van der Waals surface area contributed by atoms with E-state index < -0.39 is 35.8 Å². The van der Waals surface area contributed by atoms with Gasteiger partial charge in [-0.1, -0.05) is 57.8 Å². The minimum Gasteiger partial charge on any atom is -0.481 e. The molecule has 0 saturated heterocycles. The second kappa shape index (κ2) is 13.5. The first-order chi connectivity index (χ1) is 13.0. The van der Waals surface area contributed by atoms with Gasteiger partial charge in [-0.25, -0.2) is 0 Å². The number of hydrogen-bond donors (Lipinski definition) is 3. The lowest BCUT2D eigenvalue weighted by Crippen LogP contribution is -2.34. The van der Waals surface area contributed by atoms with Crippen molar-refractivity contribution in [2.45, 2.75) is 103 Å². The van der Waals surface area contributed by atoms with E-state index in [1.165, 1.54) is 7.11 Å². The summed E-state index contributed by atoms with van der Waals surface area (Å²) < 4.78 is 4.80. The molecule has 0 radical (unpaired) electrons. The van der Waals surface area contributed by atoms with Crippen LogP contribution >= 0.6 is 0 Å². The maximum absolute atomic E-state index is 11.6. The van der Waals surface area contributed by atoms with E-state index in [0.29, 0.717) is 6.42 Å². The van der Waals surface area contributed by atoms with Crippen LogP contribution in [-0.4, -0.2) is 45.9 Å². The van der Waals surface area contributed by atoms with Gasteiger partial charge in [0.05, 0.1) is 31.0 Å². The summed E-state index contributed by atoms with van der Waals surface area (Å²) in [5.74, 6) is -2.52. The number of hydrogen-bond acceptors (Lipinski definition) is 5. The zero-order chi connectivity index (χ0) is 21.6. The summed E-state index contributed by atoms with van der Waals surface area (Å²) in [6.45, 7) is 3.82. The van der Waals surface area contributed by atoms with Crippen LogP contribution in [-0.2, 0) is 19.1 Å². The lowest BCUT2D eigenvalue weighted by atomic mass is 9.87. The van der Waals surface area contributed by atoms with Gasteiger partial charge in [0, 0.05) is 0 Å². The van der Waals surface area contributed by atoms with Gasteiger partial charge in [0.15, 0.2) is 0 Å². The Labute approximate surface area is 168 Å². The third-order valence-electron chi connectivity index (χ3n) is 5.14. The minimum atomic E-state index is -1.66. The second-order valence-corrected chi connectivity index (χ2v) is 8.42. The highest BCUT2D eigenvalue weighted by atomic mass is 16.5. The van der Waals surface area contributed by atoms with Crippen molar-refractivity contribution >= 4 is 17.9 Å². The number of aliphatic carboxylic acids is 2. The van der Waals surface area contributed by atoms with E-state index in [2.05, 4.69) is 0 Å². The number of carboxylic acids is 2. The van der Waals surface area contributed by atoms with Gasteiger partial charge in [0.1, 0.15) is 0 Å². The highest BCUT2D eigenvalue weighted by Crippen LogP contribution is 2.26. The van der Waals surface area contributed by atoms with Crippen LogP contribution in [0.15, 0.2) is 0 Å². The van der Waals surface area contributed by atoms with Crippen molar-refractivity contribution in [2.24, 2.45) is 5.41 Å². The van der Waals surface area contributed by atoms with Crippen LogP contribution in [0.25, 0.3) is 0 Å². The molecular weight excluding hydrogens is 364 g/mol. The number of carbonyl (C=O) groups excluding carboxylic acids is 1. The van der Waals surface area contributed by atoms with Crippen molar-refractivity contribution in [1.29, 1.82) is 0 Å². The lowest BCUT2D eigenvalue weighted by molar-refractivity contribution is -0.151. The Bertz CT molecular complexity index is 469. The zero-order valence-electron chi connectivity index (χ0n) is 17.7. The van der Waals surface area contributed by atoms with Crippen LogP contribution in [0.2, 0.25) is 0 Å². The van der Waals surface area contributed by atoms with Crippen LogP contribution in [0.4, 0.5) is 0 Å². The fourth-order valence-corrected chi connectivity index (χ4v) is 3.44. The van der Waals surface area contributed by atoms with Crippen LogP contribution in [0, 0.1) is 5.41 Å². The van der Waals surface area contributed by atoms with Gasteiger partial charge in [-0.15, -0.1) is 0 Å². The highest BCUT2D eigenvalue weighted by molar-refractivity contribution is 5.75. The average Bonchev–Trinajstić information content (AvgIpc) is 2.57. The standard InChI is InChI=1S/C21H38O7/c1-20(2,19(26)28-3)13-11-9-7-5-4-6-8-10-12-14-21(27,15-17(22)23)16-18(24)25/h27H,4-16H2,1-3H3,(H,22,23)(H,24,25). The summed E-state index contributed by atoms with van der Waals surface area (Å²) >= 11 is 0. The molecular formula is C21H38O7. The van der Waals surface area contributed by atoms with Gasteiger partial charge in [0.2, 0.25) is 0 Å². The molecule has 3 N–H and O–H groups in total. The van der Waals surface area contributed by atoms with E-state index in [9.17, 15) is 19.5 Å². The number of methoxy groups -OCH3 is 1. The van der Waals surface area contributed by atoms with E-state index in [1.54, 1.807) is 0 Å². The number of unbranched alkanes of at least 4 members (excludes halogenated alkanes) is 8. The molecule has 0 rings (SSSR count). The summed E-state index contributed by atoms with van der Waals surface area (Å²) in [4.78, 5) is 33.2. The molecule has 7 heteroatoms. The van der Waals surface area contributed by atoms with Crippen molar-refractivity contribution in [1.82, 2.24) is 0 Å². The maximum atomic E-state index is 11.6. The summed E-state index contributed by atoms with van der Waals surface area (Å²) in [7, 11) is 1.42. The summed E-state index contributed by atoms with van der Waals surface area (Å²) in [5.41, 5.74) is -2.08. The monoisotopic (exact) mass is 402 g/mol. The molecule has 0 amide bonds. The first-order valence-corrected chi connectivity index (χ1v) is 10.3. The normalized spacial score (nSPS) is 12.0. The SMILES string of the molecule is COC(=O)C(C)(C)CCCCCCCCCCCC(O)(CC(=O)O)CC(=O)O. The van der Waals surface area contributed by atoms with Gasteiger partial charge < -0.3 is 20.1 Å². The van der Waals surface area contributed by atoms with E-state index in [1.807, 2.05) is 13.8 Å². The Morgan fingerprint density at radius 2 is 1.07 bits per heavy atom. The van der Waals surface area contributed by atoms with Gasteiger partial charge in [0.25, 0.3) is 0 Å². The molecule has 0 unspecified atom stereocenters. The molecule has 0 spiro atoms. The number of aliphatic hydroxyl groups is 1. The van der Waals surface area contributed by atoms with Crippen molar-refractivity contribution in [3.8, 4) is 0 Å². The third kappa shape index (κ3) is 12.7. The number of ether oxygens (including phenoxy) is 1. The van der Waals surface area contributed by atoms with Crippen LogP contribution in [0.1, 0.15) is 97.3 Å². The Morgan fingerprint density at radius 1 is 0.714 bits per heavy atom. The minimum absolute atomic E-state index is 0.161. The summed E-state index contributed by atoms with van der Waals surface area (Å²) in [6, 6.07) is 0. The van der Waals surface area contributed by atoms with Gasteiger partial charge >= 0.3 is 17.9 Å². The van der Waals surface area contributed by atoms with Crippen LogP contribution < -0.4 is 0 Å². The van der Waals surface area contributed by atoms with E-state index in [4.69, 9.17) is 14.9 Å². The summed E-state index contributed by atoms with van der Waals surface area (Å²) in [5, 5.41) is 27.9. The topological polar surface area (TPSA) is 121 Å². The highest BCUT2D eigenvalue weighted by Gasteiger charge is 2.32. The zero-order valence-corrected chi connectivity index (χ0v) is 17.7. The molecule has 0 atom stereocenters. The fraction of sp³-hybridized carbons (Fsp3) is 0.857. The van der Waals surface area contributed by atoms with Crippen molar-refractivity contribution in [3.63, 3.8) is 0 Å². The van der Waals surface area contributed by atoms with E-state index in [-0.39, 0.29) is 12.4 Å². The second-order valence-electron chi connectivity index (χ2n) is 8.42. The average molecular weight is 403 g/mol. The first kappa shape index (κ1) is 26.4. The molecule has 28 heavy (non-hydrogen) atoms. The van der Waals surface area contributed by atoms with Gasteiger partial charge in [-0.3, -0.25) is 14.4 Å². The molecule has 164 valence electrons. The lowest BCUT2D eigenvalue weighted by Gasteiger charge is -2.24. The van der Waals surface area contributed by atoms with E-state index in [0.717, 1.165) is 57.8 Å². The van der Waals surface area contributed by atoms with Crippen molar-refractivity contribution in [3.05, 3.63) is 0 Å². The molecule has 0 aromatic carbocycles. The van der Waals surface area contributed by atoms with Crippen LogP contribution in [0.5, 0.6) is 0 Å². The Balaban J connectivity index is 3.74. The number of carboxylic acid groups (broad SMARTS) is 2. The van der Waals surface area contributed by atoms with Crippen molar-refractivity contribution < 1.29 is 34.4 Å². The number of carbonyl (C=O) groups is 3. The Hall–Kier alpha value is -1.63. The van der Waals surface area contributed by atoms with E-state index >= 15 is 0 Å². The predicted molar refractivity (Wildman–Crippen MR) is 106 cm³/mol. The molecule has 0 bridgehead atoms. The fourth-order valence-electron chi connectivity index (χ4n) is 3.44. The molecule has 7 nitrogen and oxygen atoms in total. The molecule has 0 heterocycles. The Kier molecular flexibility index (Phi) is 12.7. The first-order valence-electron chi connectivity index (χ1n) is 10.3. The quantitative estimate of drug-likeness (QED) is 0.247. The van der Waals surface area contributed by atoms with Crippen LogP contribution in [0.3, 0.4) is 0 Å². The molecule has 0 aromatic rings.